The Labute approximate surface area is 296 Å². The SMILES string of the molecule is C=C[C@@H]1C[C@]1(NC(=O)[C@@H]1C[C@@H](Oc2nccc3cc(Br)ccc23)CN1C(=O)[C@@H](CC(=O)OC(C)(C)C)C(C)(C)C)C(=O)CS(=O)(=O)C1CC1. The zero-order valence-corrected chi connectivity index (χ0v) is 31.4. The number of hydrogen-bond acceptors (Lipinski definition) is 9. The van der Waals surface area contributed by atoms with Crippen molar-refractivity contribution in [2.24, 2.45) is 17.3 Å². The number of esters is 1. The van der Waals surface area contributed by atoms with Crippen LogP contribution in [0.4, 0.5) is 0 Å². The second kappa shape index (κ2) is 13.4. The summed E-state index contributed by atoms with van der Waals surface area (Å²) in [4.78, 5) is 61.1. The molecule has 1 aromatic heterocycles. The summed E-state index contributed by atoms with van der Waals surface area (Å²) in [5.41, 5.74) is -2.85. The number of likely N-dealkylation sites (tertiary alicyclic amines) is 1. The second-order valence-corrected chi connectivity index (χ2v) is 18.8. The highest BCUT2D eigenvalue weighted by molar-refractivity contribution is 9.10. The van der Waals surface area contributed by atoms with Crippen LogP contribution in [-0.2, 0) is 33.8 Å². The molecule has 1 saturated heterocycles. The van der Waals surface area contributed by atoms with Crippen molar-refractivity contribution in [1.82, 2.24) is 15.2 Å². The first-order valence-corrected chi connectivity index (χ1v) is 19.2. The molecule has 5 rings (SSSR count). The van der Waals surface area contributed by atoms with E-state index in [1.54, 1.807) is 33.0 Å². The lowest BCUT2D eigenvalue weighted by Crippen LogP contribution is -2.55. The zero-order valence-electron chi connectivity index (χ0n) is 29.0. The average Bonchev–Trinajstić information content (AvgIpc) is 3.91. The molecule has 5 atom stereocenters. The first-order valence-electron chi connectivity index (χ1n) is 16.7. The molecule has 1 aromatic carbocycles. The number of halogens is 1. The number of Topliss-reactive ketones (excluding diaryl/α,β-unsaturated/α-hetero) is 1. The van der Waals surface area contributed by atoms with Crippen molar-refractivity contribution in [1.29, 1.82) is 0 Å². The molecule has 2 saturated carbocycles. The van der Waals surface area contributed by atoms with Gasteiger partial charge in [0.2, 0.25) is 17.7 Å². The van der Waals surface area contributed by atoms with Crippen LogP contribution in [-0.4, -0.2) is 82.7 Å². The maximum atomic E-state index is 14.5. The smallest absolute Gasteiger partial charge is 0.307 e. The van der Waals surface area contributed by atoms with Crippen LogP contribution >= 0.6 is 15.9 Å². The van der Waals surface area contributed by atoms with Gasteiger partial charge in [0.05, 0.1) is 24.1 Å². The molecule has 3 aliphatic rings. The fraction of sp³-hybridized carbons (Fsp3) is 0.583. The fourth-order valence-electron chi connectivity index (χ4n) is 6.53. The zero-order chi connectivity index (χ0) is 36.1. The van der Waals surface area contributed by atoms with Crippen LogP contribution in [0.25, 0.3) is 10.8 Å². The van der Waals surface area contributed by atoms with Crippen molar-refractivity contribution in [3.63, 3.8) is 0 Å². The number of aromatic nitrogens is 1. The predicted molar refractivity (Wildman–Crippen MR) is 188 cm³/mol. The molecule has 1 aliphatic heterocycles. The van der Waals surface area contributed by atoms with Gasteiger partial charge in [-0.1, -0.05) is 42.8 Å². The van der Waals surface area contributed by atoms with Gasteiger partial charge in [0.15, 0.2) is 15.6 Å². The number of sulfone groups is 1. The highest BCUT2D eigenvalue weighted by Gasteiger charge is 2.61. The lowest BCUT2D eigenvalue weighted by atomic mass is 9.77. The number of nitrogens with zero attached hydrogens (tertiary/aromatic N) is 2. The van der Waals surface area contributed by atoms with Crippen molar-refractivity contribution in [3.8, 4) is 5.88 Å². The lowest BCUT2D eigenvalue weighted by molar-refractivity contribution is -0.161. The van der Waals surface area contributed by atoms with E-state index in [1.165, 1.54) is 4.90 Å². The summed E-state index contributed by atoms with van der Waals surface area (Å²) in [6, 6.07) is 6.45. The number of hydrogen-bond donors (Lipinski definition) is 1. The van der Waals surface area contributed by atoms with E-state index >= 15 is 0 Å². The Morgan fingerprint density at radius 3 is 2.43 bits per heavy atom. The lowest BCUT2D eigenvalue weighted by Gasteiger charge is -2.35. The van der Waals surface area contributed by atoms with Gasteiger partial charge in [0.1, 0.15) is 29.0 Å². The number of rotatable bonds is 12. The summed E-state index contributed by atoms with van der Waals surface area (Å²) < 4.78 is 38.3. The van der Waals surface area contributed by atoms with E-state index in [4.69, 9.17) is 9.47 Å². The molecule has 2 heterocycles. The predicted octanol–water partition coefficient (Wildman–Crippen LogP) is 4.95. The van der Waals surface area contributed by atoms with Gasteiger partial charge in [0.25, 0.3) is 0 Å². The van der Waals surface area contributed by atoms with E-state index in [9.17, 15) is 27.6 Å². The third-order valence-corrected chi connectivity index (χ3v) is 12.1. The van der Waals surface area contributed by atoms with E-state index in [2.05, 4.69) is 32.8 Å². The minimum atomic E-state index is -3.63. The largest absolute Gasteiger partial charge is 0.472 e. The monoisotopic (exact) mass is 759 g/mol. The number of carbonyl (C=O) groups is 4. The maximum absolute atomic E-state index is 14.5. The molecule has 11 nitrogen and oxygen atoms in total. The normalized spacial score (nSPS) is 24.6. The number of amides is 2. The van der Waals surface area contributed by atoms with Gasteiger partial charge in [-0.2, -0.15) is 0 Å². The summed E-state index contributed by atoms with van der Waals surface area (Å²) >= 11 is 3.48. The second-order valence-electron chi connectivity index (χ2n) is 15.6. The van der Waals surface area contributed by atoms with Gasteiger partial charge >= 0.3 is 5.97 Å². The first kappa shape index (κ1) is 36.9. The van der Waals surface area contributed by atoms with Crippen molar-refractivity contribution < 1.29 is 37.1 Å². The minimum Gasteiger partial charge on any atom is -0.472 e. The van der Waals surface area contributed by atoms with Crippen molar-refractivity contribution >= 4 is 60.1 Å². The van der Waals surface area contributed by atoms with Gasteiger partial charge in [-0.15, -0.1) is 6.58 Å². The molecule has 1 N–H and O–H groups in total. The Morgan fingerprint density at radius 2 is 1.84 bits per heavy atom. The summed E-state index contributed by atoms with van der Waals surface area (Å²) in [6.07, 6.45) is 3.68. The Morgan fingerprint density at radius 1 is 1.14 bits per heavy atom. The van der Waals surface area contributed by atoms with Gasteiger partial charge in [0, 0.05) is 28.4 Å². The molecule has 2 aromatic rings. The molecule has 0 bridgehead atoms. The highest BCUT2D eigenvalue weighted by atomic mass is 79.9. The Kier molecular flexibility index (Phi) is 10.1. The van der Waals surface area contributed by atoms with Gasteiger partial charge in [-0.05, 0) is 75.1 Å². The molecule has 0 unspecified atom stereocenters. The van der Waals surface area contributed by atoms with E-state index in [0.29, 0.717) is 18.7 Å². The van der Waals surface area contributed by atoms with Gasteiger partial charge in [-0.3, -0.25) is 19.2 Å². The maximum Gasteiger partial charge on any atom is 0.307 e. The number of ether oxygens (including phenoxy) is 2. The Balaban J connectivity index is 1.44. The number of benzene rings is 1. The molecular formula is C36H46BrN3O8S. The molecule has 266 valence electrons. The van der Waals surface area contributed by atoms with Crippen LogP contribution in [0.2, 0.25) is 0 Å². The van der Waals surface area contributed by atoms with Crippen LogP contribution in [0.3, 0.4) is 0 Å². The highest BCUT2D eigenvalue weighted by Crippen LogP contribution is 2.46. The van der Waals surface area contributed by atoms with Crippen LogP contribution < -0.4 is 10.1 Å². The van der Waals surface area contributed by atoms with E-state index in [-0.39, 0.29) is 25.8 Å². The topological polar surface area (TPSA) is 149 Å². The molecule has 2 amide bonds. The average molecular weight is 761 g/mol. The van der Waals surface area contributed by atoms with Crippen LogP contribution in [0.5, 0.6) is 5.88 Å². The van der Waals surface area contributed by atoms with E-state index < -0.39 is 84.9 Å². The Hall–Kier alpha value is -3.32. The number of carbonyl (C=O) groups excluding carboxylic acids is 4. The molecule has 49 heavy (non-hydrogen) atoms. The summed E-state index contributed by atoms with van der Waals surface area (Å²) in [5.74, 6) is -3.73. The quantitative estimate of drug-likeness (QED) is 0.235. The molecule has 3 fully saturated rings. The molecule has 2 aliphatic carbocycles. The summed E-state index contributed by atoms with van der Waals surface area (Å²) in [6.45, 7) is 14.6. The van der Waals surface area contributed by atoms with Crippen LogP contribution in [0, 0.1) is 17.3 Å². The van der Waals surface area contributed by atoms with Gasteiger partial charge < -0.3 is 19.7 Å². The standard InChI is InChI=1S/C36H46BrN3O8S/c1-8-22-18-36(22,29(41)20-49(45,46)25-10-11-25)39-31(43)28-16-24(47-32-26-12-9-23(37)15-21(26)13-14-38-32)19-40(28)33(44)27(34(2,3)4)17-30(42)48-35(5,6)7/h8-9,12-15,22,24-25,27-28H,1,10-11,16-20H2,2-7H3,(H,39,43)/t22-,24-,27-,28+,36-/m1/s1. The number of nitrogens with one attached hydrogen (secondary N) is 1. The summed E-state index contributed by atoms with van der Waals surface area (Å²) in [5, 5.41) is 3.98. The molecule has 0 spiro atoms. The van der Waals surface area contributed by atoms with Crippen LogP contribution in [0.15, 0.2) is 47.6 Å². The van der Waals surface area contributed by atoms with Crippen molar-refractivity contribution in [2.45, 2.75) is 102 Å². The van der Waals surface area contributed by atoms with Gasteiger partial charge in [-0.25, -0.2) is 13.4 Å². The van der Waals surface area contributed by atoms with Crippen LogP contribution in [0.1, 0.15) is 73.6 Å². The van der Waals surface area contributed by atoms with Crippen molar-refractivity contribution in [3.05, 3.63) is 47.6 Å². The Bertz CT molecular complexity index is 1780. The molecular weight excluding hydrogens is 714 g/mol. The number of fused-ring (bicyclic) bond motifs is 1. The van der Waals surface area contributed by atoms with Crippen molar-refractivity contribution in [2.75, 3.05) is 12.3 Å². The number of ketones is 1. The molecule has 0 radical (unpaired) electrons. The fourth-order valence-corrected chi connectivity index (χ4v) is 8.62. The van der Waals surface area contributed by atoms with E-state index in [1.807, 2.05) is 45.0 Å². The first-order chi connectivity index (χ1) is 22.7. The third-order valence-electron chi connectivity index (χ3n) is 9.46. The number of pyridine rings is 1. The van der Waals surface area contributed by atoms with E-state index in [0.717, 1.165) is 15.2 Å². The molecule has 13 heteroatoms. The minimum absolute atomic E-state index is 0.0221. The summed E-state index contributed by atoms with van der Waals surface area (Å²) in [7, 11) is -3.63. The third kappa shape index (κ3) is 8.36.